The number of nitrogens with one attached hydrogen (secondary N) is 1. The Hall–Kier alpha value is -2.29. The van der Waals surface area contributed by atoms with Crippen molar-refractivity contribution in [2.75, 3.05) is 12.4 Å². The van der Waals surface area contributed by atoms with Crippen molar-refractivity contribution >= 4 is 11.7 Å². The predicted molar refractivity (Wildman–Crippen MR) is 80.7 cm³/mol. The van der Waals surface area contributed by atoms with Crippen LogP contribution in [0.5, 0.6) is 0 Å². The average Bonchev–Trinajstić information content (AvgIpc) is 2.53. The number of benzene rings is 2. The van der Waals surface area contributed by atoms with Crippen molar-refractivity contribution in [3.05, 3.63) is 66.2 Å². The van der Waals surface area contributed by atoms with Crippen LogP contribution in [0.25, 0.3) is 0 Å². The summed E-state index contributed by atoms with van der Waals surface area (Å²) in [6.07, 6.45) is 0. The first-order chi connectivity index (χ1) is 9.72. The molecule has 2 aromatic carbocycles. The standard InChI is InChI=1S/C17H19NO2/c1-13(14-9-5-3-6-10-14)16(17(19)20-2)18-15-11-7-4-8-12-15/h3-13,16,18H,1-2H3. The second-order valence-electron chi connectivity index (χ2n) is 4.71. The van der Waals surface area contributed by atoms with E-state index in [1.165, 1.54) is 7.11 Å². The van der Waals surface area contributed by atoms with Crippen LogP contribution in [-0.4, -0.2) is 19.1 Å². The fourth-order valence-corrected chi connectivity index (χ4v) is 2.18. The van der Waals surface area contributed by atoms with Gasteiger partial charge in [-0.25, -0.2) is 4.79 Å². The van der Waals surface area contributed by atoms with Crippen molar-refractivity contribution in [2.24, 2.45) is 0 Å². The lowest BCUT2D eigenvalue weighted by Crippen LogP contribution is -2.35. The molecule has 2 aromatic rings. The molecule has 0 heterocycles. The third-order valence-corrected chi connectivity index (χ3v) is 3.38. The van der Waals surface area contributed by atoms with Crippen LogP contribution in [0.15, 0.2) is 60.7 Å². The number of ether oxygens (including phenoxy) is 1. The van der Waals surface area contributed by atoms with Gasteiger partial charge in [0.1, 0.15) is 6.04 Å². The fourth-order valence-electron chi connectivity index (χ4n) is 2.18. The molecule has 0 fully saturated rings. The number of carbonyl (C=O) groups excluding carboxylic acids is 1. The Balaban J connectivity index is 2.22. The third-order valence-electron chi connectivity index (χ3n) is 3.38. The van der Waals surface area contributed by atoms with Crippen molar-refractivity contribution in [1.29, 1.82) is 0 Å². The molecule has 20 heavy (non-hydrogen) atoms. The van der Waals surface area contributed by atoms with E-state index in [2.05, 4.69) is 5.32 Å². The van der Waals surface area contributed by atoms with Crippen molar-refractivity contribution in [2.45, 2.75) is 18.9 Å². The first-order valence-electron chi connectivity index (χ1n) is 6.66. The monoisotopic (exact) mass is 269 g/mol. The third kappa shape index (κ3) is 3.38. The zero-order valence-electron chi connectivity index (χ0n) is 11.7. The molecule has 0 aromatic heterocycles. The lowest BCUT2D eigenvalue weighted by Gasteiger charge is -2.24. The molecule has 0 spiro atoms. The van der Waals surface area contributed by atoms with E-state index in [0.29, 0.717) is 0 Å². The van der Waals surface area contributed by atoms with Gasteiger partial charge in [0.05, 0.1) is 7.11 Å². The lowest BCUT2D eigenvalue weighted by atomic mass is 9.93. The molecular weight excluding hydrogens is 250 g/mol. The van der Waals surface area contributed by atoms with Gasteiger partial charge in [-0.15, -0.1) is 0 Å². The second kappa shape index (κ2) is 6.75. The van der Waals surface area contributed by atoms with Gasteiger partial charge in [0.25, 0.3) is 0 Å². The molecule has 3 heteroatoms. The van der Waals surface area contributed by atoms with Crippen LogP contribution >= 0.6 is 0 Å². The molecule has 2 atom stereocenters. The maximum Gasteiger partial charge on any atom is 0.328 e. The quantitative estimate of drug-likeness (QED) is 0.845. The van der Waals surface area contributed by atoms with Crippen LogP contribution in [0.2, 0.25) is 0 Å². The molecule has 0 aliphatic rings. The van der Waals surface area contributed by atoms with Crippen LogP contribution in [-0.2, 0) is 9.53 Å². The van der Waals surface area contributed by atoms with Gasteiger partial charge in [0, 0.05) is 11.6 Å². The summed E-state index contributed by atoms with van der Waals surface area (Å²) in [5.41, 5.74) is 2.01. The van der Waals surface area contributed by atoms with Gasteiger partial charge < -0.3 is 10.1 Å². The van der Waals surface area contributed by atoms with Crippen LogP contribution in [0.3, 0.4) is 0 Å². The highest BCUT2D eigenvalue weighted by atomic mass is 16.5. The Kier molecular flexibility index (Phi) is 4.77. The van der Waals surface area contributed by atoms with E-state index in [1.54, 1.807) is 0 Å². The van der Waals surface area contributed by atoms with Gasteiger partial charge in [-0.2, -0.15) is 0 Å². The summed E-state index contributed by atoms with van der Waals surface area (Å²) in [4.78, 5) is 12.0. The SMILES string of the molecule is COC(=O)C(Nc1ccccc1)C(C)c1ccccc1. The second-order valence-corrected chi connectivity index (χ2v) is 4.71. The van der Waals surface area contributed by atoms with Crippen LogP contribution in [0, 0.1) is 0 Å². The number of hydrogen-bond acceptors (Lipinski definition) is 3. The number of para-hydroxylation sites is 1. The predicted octanol–water partition coefficient (Wildman–Crippen LogP) is 3.44. The van der Waals surface area contributed by atoms with Crippen LogP contribution in [0.1, 0.15) is 18.4 Å². The first kappa shape index (κ1) is 14.1. The average molecular weight is 269 g/mol. The Morgan fingerprint density at radius 1 is 1.00 bits per heavy atom. The maximum absolute atomic E-state index is 12.0. The molecule has 1 N–H and O–H groups in total. The Morgan fingerprint density at radius 3 is 2.10 bits per heavy atom. The van der Waals surface area contributed by atoms with Gasteiger partial charge in [-0.05, 0) is 17.7 Å². The molecule has 3 nitrogen and oxygen atoms in total. The van der Waals surface area contributed by atoms with Gasteiger partial charge in [0.15, 0.2) is 0 Å². The minimum Gasteiger partial charge on any atom is -0.467 e. The molecule has 104 valence electrons. The Bertz CT molecular complexity index is 539. The fraction of sp³-hybridized carbons (Fsp3) is 0.235. The molecule has 0 amide bonds. The van der Waals surface area contributed by atoms with Crippen molar-refractivity contribution in [3.8, 4) is 0 Å². The summed E-state index contributed by atoms with van der Waals surface area (Å²) in [6, 6.07) is 19.2. The molecule has 2 unspecified atom stereocenters. The molecule has 0 aliphatic heterocycles. The van der Waals surface area contributed by atoms with Gasteiger partial charge in [-0.1, -0.05) is 55.5 Å². The summed E-state index contributed by atoms with van der Waals surface area (Å²) in [7, 11) is 1.42. The van der Waals surface area contributed by atoms with Crippen LogP contribution in [0.4, 0.5) is 5.69 Å². The lowest BCUT2D eigenvalue weighted by molar-refractivity contribution is -0.142. The van der Waals surface area contributed by atoms with E-state index >= 15 is 0 Å². The number of methoxy groups -OCH3 is 1. The molecule has 0 aliphatic carbocycles. The van der Waals surface area contributed by atoms with Crippen LogP contribution < -0.4 is 5.32 Å². The largest absolute Gasteiger partial charge is 0.467 e. The molecule has 0 saturated heterocycles. The van der Waals surface area contributed by atoms with E-state index in [9.17, 15) is 4.79 Å². The molecule has 0 bridgehead atoms. The van der Waals surface area contributed by atoms with E-state index < -0.39 is 6.04 Å². The number of rotatable bonds is 5. The number of anilines is 1. The smallest absolute Gasteiger partial charge is 0.328 e. The number of esters is 1. The highest BCUT2D eigenvalue weighted by Gasteiger charge is 2.26. The Morgan fingerprint density at radius 2 is 1.55 bits per heavy atom. The topological polar surface area (TPSA) is 38.3 Å². The number of hydrogen-bond donors (Lipinski definition) is 1. The summed E-state index contributed by atoms with van der Waals surface area (Å²) in [5.74, 6) is -0.242. The van der Waals surface area contributed by atoms with Crippen molar-refractivity contribution < 1.29 is 9.53 Å². The van der Waals surface area contributed by atoms with Gasteiger partial charge in [0.2, 0.25) is 0 Å². The normalized spacial score (nSPS) is 13.3. The molecule has 0 saturated carbocycles. The highest BCUT2D eigenvalue weighted by Crippen LogP contribution is 2.23. The highest BCUT2D eigenvalue weighted by molar-refractivity contribution is 5.80. The summed E-state index contributed by atoms with van der Waals surface area (Å²) in [6.45, 7) is 2.02. The van der Waals surface area contributed by atoms with E-state index in [-0.39, 0.29) is 11.9 Å². The first-order valence-corrected chi connectivity index (χ1v) is 6.66. The number of carbonyl (C=O) groups is 1. The zero-order valence-corrected chi connectivity index (χ0v) is 11.7. The van der Waals surface area contributed by atoms with Gasteiger partial charge >= 0.3 is 5.97 Å². The molecule has 0 radical (unpaired) electrons. The summed E-state index contributed by atoms with van der Waals surface area (Å²) < 4.78 is 4.93. The summed E-state index contributed by atoms with van der Waals surface area (Å²) in [5, 5.41) is 3.25. The van der Waals surface area contributed by atoms with E-state index in [0.717, 1.165) is 11.3 Å². The minimum absolute atomic E-state index is 0.0175. The Labute approximate surface area is 119 Å². The van der Waals surface area contributed by atoms with Crippen molar-refractivity contribution in [1.82, 2.24) is 0 Å². The maximum atomic E-state index is 12.0. The van der Waals surface area contributed by atoms with Gasteiger partial charge in [-0.3, -0.25) is 0 Å². The minimum atomic E-state index is -0.412. The van der Waals surface area contributed by atoms with Crippen molar-refractivity contribution in [3.63, 3.8) is 0 Å². The summed E-state index contributed by atoms with van der Waals surface area (Å²) >= 11 is 0. The zero-order chi connectivity index (χ0) is 14.4. The van der Waals surface area contributed by atoms with E-state index in [1.807, 2.05) is 67.6 Å². The molecular formula is C17H19NO2. The van der Waals surface area contributed by atoms with E-state index in [4.69, 9.17) is 4.74 Å². The molecule has 2 rings (SSSR count).